The molecular weight excluding hydrogens is 216 g/mol. The fraction of sp³-hybridized carbons (Fsp3) is 0.444. The molecule has 0 aliphatic carbocycles. The van der Waals surface area contributed by atoms with Crippen LogP contribution in [0.1, 0.15) is 23.3 Å². The number of nitrogens with one attached hydrogen (secondary N) is 1. The smallest absolute Gasteiger partial charge is 0.271 e. The van der Waals surface area contributed by atoms with Crippen molar-refractivity contribution in [2.75, 3.05) is 13.1 Å². The van der Waals surface area contributed by atoms with Gasteiger partial charge >= 0.3 is 0 Å². The molecule has 5 nitrogen and oxygen atoms in total. The molecule has 3 N–H and O–H groups in total. The van der Waals surface area contributed by atoms with Crippen LogP contribution in [0.4, 0.5) is 0 Å². The minimum absolute atomic E-state index is 0.213. The van der Waals surface area contributed by atoms with E-state index in [0.717, 1.165) is 12.8 Å². The Hall–Kier alpha value is -1.20. The first kappa shape index (κ1) is 11.9. The van der Waals surface area contributed by atoms with Gasteiger partial charge in [-0.1, -0.05) is 11.6 Å². The summed E-state index contributed by atoms with van der Waals surface area (Å²) in [5.74, 6) is -0.262. The van der Waals surface area contributed by atoms with Crippen molar-refractivity contribution >= 4 is 17.5 Å². The molecule has 0 fully saturated rings. The Morgan fingerprint density at radius 2 is 2.27 bits per heavy atom. The molecule has 1 rings (SSSR count). The molecular formula is C9H13ClN4O. The molecule has 0 aliphatic heterocycles. The Kier molecular flexibility index (Phi) is 5.00. The lowest BCUT2D eigenvalue weighted by Crippen LogP contribution is -2.25. The standard InChI is InChI=1S/C9H13ClN4O/c10-8-6-12-5-7(14-8)9(15)13-4-2-1-3-11/h5-6H,1-4,11H2,(H,13,15). The summed E-state index contributed by atoms with van der Waals surface area (Å²) in [5.41, 5.74) is 5.56. The zero-order valence-electron chi connectivity index (χ0n) is 8.24. The fourth-order valence-corrected chi connectivity index (χ4v) is 1.16. The van der Waals surface area contributed by atoms with Gasteiger partial charge in [0.25, 0.3) is 5.91 Å². The number of nitrogens with zero attached hydrogens (tertiary/aromatic N) is 2. The lowest BCUT2D eigenvalue weighted by atomic mass is 10.3. The van der Waals surface area contributed by atoms with Crippen molar-refractivity contribution in [1.82, 2.24) is 15.3 Å². The molecule has 0 aromatic carbocycles. The van der Waals surface area contributed by atoms with Gasteiger partial charge in [0.2, 0.25) is 0 Å². The van der Waals surface area contributed by atoms with Crippen molar-refractivity contribution in [2.24, 2.45) is 5.73 Å². The normalized spacial score (nSPS) is 10.0. The Labute approximate surface area is 93.0 Å². The third-order valence-corrected chi connectivity index (χ3v) is 1.94. The molecule has 1 aromatic heterocycles. The maximum absolute atomic E-state index is 11.5. The summed E-state index contributed by atoms with van der Waals surface area (Å²) in [7, 11) is 0. The monoisotopic (exact) mass is 228 g/mol. The molecule has 1 amide bonds. The zero-order chi connectivity index (χ0) is 11.1. The second kappa shape index (κ2) is 6.31. The summed E-state index contributed by atoms with van der Waals surface area (Å²) in [5, 5.41) is 2.92. The number of carbonyl (C=O) groups is 1. The van der Waals surface area contributed by atoms with Crippen LogP contribution in [0.15, 0.2) is 12.4 Å². The van der Waals surface area contributed by atoms with Crippen molar-refractivity contribution in [3.8, 4) is 0 Å². The van der Waals surface area contributed by atoms with Crippen molar-refractivity contribution in [1.29, 1.82) is 0 Å². The van der Waals surface area contributed by atoms with E-state index in [0.29, 0.717) is 13.1 Å². The predicted octanol–water partition coefficient (Wildman–Crippen LogP) is 0.599. The number of rotatable bonds is 5. The maximum atomic E-state index is 11.5. The predicted molar refractivity (Wildman–Crippen MR) is 57.7 cm³/mol. The topological polar surface area (TPSA) is 80.9 Å². The van der Waals surface area contributed by atoms with Gasteiger partial charge in [0.15, 0.2) is 0 Å². The van der Waals surface area contributed by atoms with E-state index in [9.17, 15) is 4.79 Å². The quantitative estimate of drug-likeness (QED) is 0.724. The van der Waals surface area contributed by atoms with Crippen molar-refractivity contribution in [2.45, 2.75) is 12.8 Å². The van der Waals surface area contributed by atoms with Crippen LogP contribution in [-0.2, 0) is 0 Å². The molecule has 0 unspecified atom stereocenters. The van der Waals surface area contributed by atoms with Crippen LogP contribution in [0.3, 0.4) is 0 Å². The van der Waals surface area contributed by atoms with E-state index in [1.165, 1.54) is 12.4 Å². The van der Waals surface area contributed by atoms with Gasteiger partial charge in [0.05, 0.1) is 12.4 Å². The largest absolute Gasteiger partial charge is 0.351 e. The van der Waals surface area contributed by atoms with E-state index < -0.39 is 0 Å². The van der Waals surface area contributed by atoms with E-state index >= 15 is 0 Å². The van der Waals surface area contributed by atoms with Gasteiger partial charge < -0.3 is 11.1 Å². The van der Waals surface area contributed by atoms with E-state index in [1.54, 1.807) is 0 Å². The van der Waals surface area contributed by atoms with Gasteiger partial charge in [0, 0.05) is 6.54 Å². The molecule has 1 aromatic rings. The number of carbonyl (C=O) groups excluding carboxylic acids is 1. The van der Waals surface area contributed by atoms with Crippen molar-refractivity contribution in [3.63, 3.8) is 0 Å². The molecule has 82 valence electrons. The molecule has 0 bridgehead atoms. The molecule has 1 heterocycles. The Morgan fingerprint density at radius 3 is 2.93 bits per heavy atom. The molecule has 6 heteroatoms. The zero-order valence-corrected chi connectivity index (χ0v) is 9.00. The van der Waals surface area contributed by atoms with Gasteiger partial charge in [-0.25, -0.2) is 4.98 Å². The number of hydrogen-bond acceptors (Lipinski definition) is 4. The number of aromatic nitrogens is 2. The molecule has 0 atom stereocenters. The van der Waals surface area contributed by atoms with Crippen LogP contribution in [-0.4, -0.2) is 29.0 Å². The molecule has 0 spiro atoms. The molecule has 0 saturated heterocycles. The average Bonchev–Trinajstić information content (AvgIpc) is 2.24. The van der Waals surface area contributed by atoms with E-state index in [-0.39, 0.29) is 16.8 Å². The number of amides is 1. The highest BCUT2D eigenvalue weighted by Crippen LogP contribution is 2.02. The SMILES string of the molecule is NCCCCNC(=O)c1cncc(Cl)n1. The fourth-order valence-electron chi connectivity index (χ4n) is 1.01. The third-order valence-electron chi connectivity index (χ3n) is 1.75. The molecule has 0 radical (unpaired) electrons. The van der Waals surface area contributed by atoms with Gasteiger partial charge in [-0.15, -0.1) is 0 Å². The van der Waals surface area contributed by atoms with Crippen molar-refractivity contribution in [3.05, 3.63) is 23.2 Å². The summed E-state index contributed by atoms with van der Waals surface area (Å²) in [4.78, 5) is 19.1. The maximum Gasteiger partial charge on any atom is 0.271 e. The summed E-state index contributed by atoms with van der Waals surface area (Å²) in [6.07, 6.45) is 4.51. The van der Waals surface area contributed by atoms with E-state index in [2.05, 4.69) is 15.3 Å². The first-order valence-electron chi connectivity index (χ1n) is 4.70. The second-order valence-electron chi connectivity index (χ2n) is 2.98. The first-order chi connectivity index (χ1) is 7.24. The Balaban J connectivity index is 2.40. The highest BCUT2D eigenvalue weighted by molar-refractivity contribution is 6.29. The minimum Gasteiger partial charge on any atom is -0.351 e. The van der Waals surface area contributed by atoms with Gasteiger partial charge in [-0.05, 0) is 19.4 Å². The first-order valence-corrected chi connectivity index (χ1v) is 5.07. The Bertz CT molecular complexity index is 332. The minimum atomic E-state index is -0.262. The molecule has 0 saturated carbocycles. The molecule has 15 heavy (non-hydrogen) atoms. The summed E-state index contributed by atoms with van der Waals surface area (Å²) in [6, 6.07) is 0. The van der Waals surface area contributed by atoms with Gasteiger partial charge in [-0.2, -0.15) is 0 Å². The average molecular weight is 229 g/mol. The molecule has 0 aliphatic rings. The number of nitrogens with two attached hydrogens (primary N) is 1. The van der Waals surface area contributed by atoms with Crippen LogP contribution in [0, 0.1) is 0 Å². The number of unbranched alkanes of at least 4 members (excludes halogenated alkanes) is 1. The highest BCUT2D eigenvalue weighted by atomic mass is 35.5. The number of halogens is 1. The third kappa shape index (κ3) is 4.22. The van der Waals surface area contributed by atoms with Crippen molar-refractivity contribution < 1.29 is 4.79 Å². The van der Waals surface area contributed by atoms with Crippen LogP contribution in [0.5, 0.6) is 0 Å². The number of hydrogen-bond donors (Lipinski definition) is 2. The van der Waals surface area contributed by atoms with Crippen LogP contribution in [0.2, 0.25) is 5.15 Å². The van der Waals surface area contributed by atoms with E-state index in [4.69, 9.17) is 17.3 Å². The van der Waals surface area contributed by atoms with Crippen LogP contribution in [0.25, 0.3) is 0 Å². The summed E-state index contributed by atoms with van der Waals surface area (Å²) in [6.45, 7) is 1.22. The van der Waals surface area contributed by atoms with Crippen LogP contribution < -0.4 is 11.1 Å². The summed E-state index contributed by atoms with van der Waals surface area (Å²) < 4.78 is 0. The van der Waals surface area contributed by atoms with E-state index in [1.807, 2.05) is 0 Å². The van der Waals surface area contributed by atoms with Crippen LogP contribution >= 0.6 is 11.6 Å². The Morgan fingerprint density at radius 1 is 1.47 bits per heavy atom. The lowest BCUT2D eigenvalue weighted by Gasteiger charge is -2.03. The second-order valence-corrected chi connectivity index (χ2v) is 3.37. The lowest BCUT2D eigenvalue weighted by molar-refractivity contribution is 0.0947. The highest BCUT2D eigenvalue weighted by Gasteiger charge is 2.06. The van der Waals surface area contributed by atoms with Gasteiger partial charge in [-0.3, -0.25) is 9.78 Å². The summed E-state index contributed by atoms with van der Waals surface area (Å²) >= 11 is 5.60. The van der Waals surface area contributed by atoms with Gasteiger partial charge in [0.1, 0.15) is 10.8 Å².